The molecule has 2 aromatic rings. The zero-order valence-electron chi connectivity index (χ0n) is 15.9. The third-order valence-corrected chi connectivity index (χ3v) is 6.68. The number of aryl methyl sites for hydroxylation is 2. The minimum atomic E-state index is -0.309. The van der Waals surface area contributed by atoms with E-state index in [1.165, 1.54) is 11.8 Å². The van der Waals surface area contributed by atoms with Crippen molar-refractivity contribution in [2.45, 2.75) is 38.8 Å². The maximum atomic E-state index is 12.8. The summed E-state index contributed by atoms with van der Waals surface area (Å²) in [6.07, 6.45) is 1.87. The van der Waals surface area contributed by atoms with Crippen LogP contribution in [0.3, 0.4) is 0 Å². The molecule has 1 aliphatic heterocycles. The summed E-state index contributed by atoms with van der Waals surface area (Å²) in [6.45, 7) is 7.41. The normalized spacial score (nSPS) is 16.7. The number of nitriles is 2. The summed E-state index contributed by atoms with van der Waals surface area (Å²) in [4.78, 5) is 17.2. The molecule has 8 heteroatoms. The van der Waals surface area contributed by atoms with E-state index in [4.69, 9.17) is 0 Å². The molecule has 0 saturated heterocycles. The summed E-state index contributed by atoms with van der Waals surface area (Å²) >= 11 is 2.34. The van der Waals surface area contributed by atoms with Gasteiger partial charge in [-0.3, -0.25) is 9.36 Å². The number of aliphatic hydroxyl groups excluding tert-OH is 1. The summed E-state index contributed by atoms with van der Waals surface area (Å²) in [7, 11) is 0. The molecule has 0 saturated carbocycles. The molecule has 1 aliphatic rings. The molecule has 3 rings (SSSR count). The van der Waals surface area contributed by atoms with Crippen LogP contribution in [0, 0.1) is 36.5 Å². The van der Waals surface area contributed by atoms with Crippen LogP contribution in [0.15, 0.2) is 27.5 Å². The van der Waals surface area contributed by atoms with Gasteiger partial charge in [0.15, 0.2) is 0 Å². The minimum Gasteiger partial charge on any atom is -0.510 e. The topological polar surface area (TPSA) is 103 Å². The lowest BCUT2D eigenvalue weighted by Crippen LogP contribution is -2.36. The Labute approximate surface area is 170 Å². The van der Waals surface area contributed by atoms with Gasteiger partial charge in [0.2, 0.25) is 0 Å². The Bertz CT molecular complexity index is 1270. The molecule has 0 aliphatic carbocycles. The molecule has 0 bridgehead atoms. The fourth-order valence-electron chi connectivity index (χ4n) is 3.18. The summed E-state index contributed by atoms with van der Waals surface area (Å²) in [5.74, 6) is 0.0384. The smallest absolute Gasteiger partial charge is 0.273 e. The summed E-state index contributed by atoms with van der Waals surface area (Å²) in [5.41, 5.74) is 3.06. The van der Waals surface area contributed by atoms with Gasteiger partial charge in [-0.25, -0.2) is 4.98 Å². The second-order valence-electron chi connectivity index (χ2n) is 6.60. The number of aliphatic hydroxyl groups is 1. The van der Waals surface area contributed by atoms with E-state index in [0.717, 1.165) is 28.2 Å². The molecule has 0 aromatic carbocycles. The minimum absolute atomic E-state index is 0.0751. The fourth-order valence-corrected chi connectivity index (χ4v) is 5.48. The Morgan fingerprint density at radius 2 is 2.07 bits per heavy atom. The maximum Gasteiger partial charge on any atom is 0.273 e. The predicted octanol–water partition coefficient (Wildman–Crippen LogP) is 2.45. The Morgan fingerprint density at radius 1 is 1.36 bits per heavy atom. The fraction of sp³-hybridized carbons (Fsp3) is 0.300. The van der Waals surface area contributed by atoms with Gasteiger partial charge in [-0.05, 0) is 44.9 Å². The molecule has 142 valence electrons. The standard InChI is InChI=1S/C20H18N4O2S2/c1-10-5-12(3)23-18(14(10)7-21)27-9-16(25)17-19(26)24-13(4)6-11(2)15(8-22)20(24)28-17/h5-6,13,25H,9H2,1-4H3/b17-16+. The highest BCUT2D eigenvalue weighted by Crippen LogP contribution is 2.25. The number of hydrogen-bond acceptors (Lipinski definition) is 7. The van der Waals surface area contributed by atoms with Gasteiger partial charge in [-0.2, -0.15) is 10.5 Å². The van der Waals surface area contributed by atoms with Crippen LogP contribution < -0.4 is 14.8 Å². The van der Waals surface area contributed by atoms with Gasteiger partial charge >= 0.3 is 0 Å². The maximum absolute atomic E-state index is 12.8. The highest BCUT2D eigenvalue weighted by Gasteiger charge is 2.20. The lowest BCUT2D eigenvalue weighted by atomic mass is 10.1. The Morgan fingerprint density at radius 3 is 2.71 bits per heavy atom. The number of thioether (sulfide) groups is 1. The molecule has 0 spiro atoms. The number of pyridine rings is 1. The summed E-state index contributed by atoms with van der Waals surface area (Å²) in [5, 5.41) is 29.9. The van der Waals surface area contributed by atoms with Crippen molar-refractivity contribution < 1.29 is 5.11 Å². The van der Waals surface area contributed by atoms with Gasteiger partial charge in [0, 0.05) is 5.69 Å². The third-order valence-electron chi connectivity index (χ3n) is 4.48. The van der Waals surface area contributed by atoms with E-state index < -0.39 is 0 Å². The first kappa shape index (κ1) is 19.9. The van der Waals surface area contributed by atoms with Crippen molar-refractivity contribution in [2.24, 2.45) is 0 Å². The summed E-state index contributed by atoms with van der Waals surface area (Å²) < 4.78 is 2.32. The van der Waals surface area contributed by atoms with E-state index in [1.807, 2.05) is 39.8 Å². The van der Waals surface area contributed by atoms with Crippen molar-refractivity contribution in [2.75, 3.05) is 5.75 Å². The average molecular weight is 411 g/mol. The summed E-state index contributed by atoms with van der Waals surface area (Å²) in [6, 6.07) is 5.95. The van der Waals surface area contributed by atoms with Crippen LogP contribution in [0.25, 0.3) is 11.3 Å². The second-order valence-corrected chi connectivity index (χ2v) is 8.56. The van der Waals surface area contributed by atoms with Crippen molar-refractivity contribution in [3.63, 3.8) is 0 Å². The largest absolute Gasteiger partial charge is 0.510 e. The molecule has 0 amide bonds. The Hall–Kier alpha value is -2.81. The van der Waals surface area contributed by atoms with E-state index in [9.17, 15) is 20.4 Å². The van der Waals surface area contributed by atoms with Gasteiger partial charge in [0.25, 0.3) is 5.56 Å². The second kappa shape index (κ2) is 7.67. The predicted molar refractivity (Wildman–Crippen MR) is 111 cm³/mol. The number of allylic oxidation sites excluding steroid dienone is 2. The highest BCUT2D eigenvalue weighted by atomic mass is 32.2. The Balaban J connectivity index is 2.08. The molecule has 2 aromatic heterocycles. The van der Waals surface area contributed by atoms with Crippen LogP contribution in [0.2, 0.25) is 0 Å². The van der Waals surface area contributed by atoms with Crippen LogP contribution >= 0.6 is 23.1 Å². The van der Waals surface area contributed by atoms with Crippen molar-refractivity contribution in [3.8, 4) is 12.1 Å². The number of nitrogens with zero attached hydrogens (tertiary/aromatic N) is 4. The van der Waals surface area contributed by atoms with Gasteiger partial charge in [0.05, 0.1) is 22.9 Å². The van der Waals surface area contributed by atoms with Crippen LogP contribution in [0.5, 0.6) is 0 Å². The van der Waals surface area contributed by atoms with Gasteiger partial charge in [0.1, 0.15) is 32.1 Å². The van der Waals surface area contributed by atoms with Gasteiger partial charge in [-0.15, -0.1) is 11.3 Å². The number of hydrogen-bond donors (Lipinski definition) is 1. The van der Waals surface area contributed by atoms with E-state index in [1.54, 1.807) is 4.57 Å². The number of rotatable bonds is 3. The zero-order valence-corrected chi connectivity index (χ0v) is 17.5. The van der Waals surface area contributed by atoms with Gasteiger partial charge in [-0.1, -0.05) is 17.8 Å². The molecule has 1 N–H and O–H groups in total. The lowest BCUT2D eigenvalue weighted by molar-refractivity contribution is 0.500. The monoisotopic (exact) mass is 410 g/mol. The number of fused-ring (bicyclic) bond motifs is 1. The van der Waals surface area contributed by atoms with E-state index in [0.29, 0.717) is 20.8 Å². The van der Waals surface area contributed by atoms with Crippen LogP contribution in [0.1, 0.15) is 36.7 Å². The molecule has 3 heterocycles. The molecule has 1 atom stereocenters. The Kier molecular flexibility index (Phi) is 5.46. The van der Waals surface area contributed by atoms with E-state index in [-0.39, 0.29) is 27.6 Å². The average Bonchev–Trinajstić information content (AvgIpc) is 2.97. The van der Waals surface area contributed by atoms with Crippen molar-refractivity contribution in [3.05, 3.63) is 54.1 Å². The molecular formula is C20H18N4O2S2. The lowest BCUT2D eigenvalue weighted by Gasteiger charge is -2.15. The van der Waals surface area contributed by atoms with Crippen LogP contribution in [0.4, 0.5) is 0 Å². The van der Waals surface area contributed by atoms with E-state index >= 15 is 0 Å². The van der Waals surface area contributed by atoms with Crippen LogP contribution in [-0.4, -0.2) is 20.4 Å². The molecule has 0 fully saturated rings. The first-order chi connectivity index (χ1) is 13.3. The van der Waals surface area contributed by atoms with Crippen molar-refractivity contribution in [1.82, 2.24) is 9.55 Å². The van der Waals surface area contributed by atoms with Gasteiger partial charge < -0.3 is 5.11 Å². The molecule has 28 heavy (non-hydrogen) atoms. The zero-order chi connectivity index (χ0) is 20.6. The molecular weight excluding hydrogens is 392 g/mol. The quantitative estimate of drug-likeness (QED) is 0.780. The number of thiazole rings is 1. The highest BCUT2D eigenvalue weighted by molar-refractivity contribution is 7.99. The number of aromatic nitrogens is 2. The first-order valence-electron chi connectivity index (χ1n) is 8.56. The first-order valence-corrected chi connectivity index (χ1v) is 10.4. The van der Waals surface area contributed by atoms with E-state index in [2.05, 4.69) is 17.1 Å². The molecule has 6 nitrogen and oxygen atoms in total. The molecule has 0 radical (unpaired) electrons. The SMILES string of the molecule is CC1=CC(C)n2c(s/c(=C(/O)CSc3nc(C)cc(C)c3C#N)c2=O)=C1C#N. The molecule has 1 unspecified atom stereocenters. The van der Waals surface area contributed by atoms with Crippen molar-refractivity contribution in [1.29, 1.82) is 10.5 Å². The van der Waals surface area contributed by atoms with Crippen LogP contribution in [-0.2, 0) is 0 Å². The third kappa shape index (κ3) is 3.37. The van der Waals surface area contributed by atoms with Crippen molar-refractivity contribution >= 4 is 34.4 Å².